The molecule has 1 N–H and O–H groups in total. The molecule has 0 spiro atoms. The first-order valence-corrected chi connectivity index (χ1v) is 8.27. The van der Waals surface area contributed by atoms with Gasteiger partial charge in [0.15, 0.2) is 0 Å². The third-order valence-electron chi connectivity index (χ3n) is 3.79. The second-order valence-corrected chi connectivity index (χ2v) is 7.12. The molecular formula is C18H25NS. The van der Waals surface area contributed by atoms with Crippen LogP contribution in [0.4, 0.5) is 0 Å². The number of benzene rings is 1. The molecule has 1 nitrogen and oxygen atoms in total. The Morgan fingerprint density at radius 1 is 1.10 bits per heavy atom. The smallest absolute Gasteiger partial charge is 0.0115 e. The molecule has 0 bridgehead atoms. The maximum Gasteiger partial charge on any atom is 0.0115 e. The number of hydrogen-bond donors (Lipinski definition) is 1. The summed E-state index contributed by atoms with van der Waals surface area (Å²) < 4.78 is 0. The molecule has 1 unspecified atom stereocenters. The van der Waals surface area contributed by atoms with Crippen LogP contribution in [0.3, 0.4) is 0 Å². The van der Waals surface area contributed by atoms with Gasteiger partial charge in [-0.2, -0.15) is 0 Å². The molecule has 0 fully saturated rings. The predicted octanol–water partition coefficient (Wildman–Crippen LogP) is 4.64. The van der Waals surface area contributed by atoms with E-state index >= 15 is 0 Å². The van der Waals surface area contributed by atoms with Crippen molar-refractivity contribution in [1.29, 1.82) is 0 Å². The van der Waals surface area contributed by atoms with Crippen LogP contribution in [0.5, 0.6) is 0 Å². The quantitative estimate of drug-likeness (QED) is 0.782. The Morgan fingerprint density at radius 3 is 2.50 bits per heavy atom. The molecule has 1 aromatic heterocycles. The average Bonchev–Trinajstić information content (AvgIpc) is 2.99. The Morgan fingerprint density at radius 2 is 1.85 bits per heavy atom. The molecule has 0 amide bonds. The fraction of sp³-hybridized carbons (Fsp3) is 0.444. The highest BCUT2D eigenvalue weighted by Gasteiger charge is 2.21. The normalized spacial score (nSPS) is 13.3. The minimum Gasteiger partial charge on any atom is -0.313 e. The highest BCUT2D eigenvalue weighted by atomic mass is 32.1. The van der Waals surface area contributed by atoms with Gasteiger partial charge >= 0.3 is 0 Å². The van der Waals surface area contributed by atoms with Gasteiger partial charge in [0.1, 0.15) is 0 Å². The van der Waals surface area contributed by atoms with Crippen molar-refractivity contribution in [2.24, 2.45) is 0 Å². The second-order valence-electron chi connectivity index (χ2n) is 6.17. The van der Waals surface area contributed by atoms with Crippen LogP contribution in [-0.2, 0) is 11.8 Å². The number of aryl methyl sites for hydroxylation is 1. The van der Waals surface area contributed by atoms with Crippen LogP contribution in [0.15, 0.2) is 47.8 Å². The summed E-state index contributed by atoms with van der Waals surface area (Å²) >= 11 is 1.85. The van der Waals surface area contributed by atoms with Crippen LogP contribution in [0, 0.1) is 0 Å². The summed E-state index contributed by atoms with van der Waals surface area (Å²) in [5, 5.41) is 5.85. The first-order chi connectivity index (χ1) is 9.58. The van der Waals surface area contributed by atoms with E-state index in [0.29, 0.717) is 6.04 Å². The van der Waals surface area contributed by atoms with Gasteiger partial charge < -0.3 is 5.32 Å². The number of thiophene rings is 1. The van der Waals surface area contributed by atoms with Crippen molar-refractivity contribution in [2.75, 3.05) is 6.54 Å². The molecule has 0 saturated heterocycles. The van der Waals surface area contributed by atoms with Gasteiger partial charge in [-0.25, -0.2) is 0 Å². The predicted molar refractivity (Wildman–Crippen MR) is 89.6 cm³/mol. The summed E-state index contributed by atoms with van der Waals surface area (Å²) in [7, 11) is 0. The van der Waals surface area contributed by atoms with E-state index in [1.807, 2.05) is 11.3 Å². The van der Waals surface area contributed by atoms with Gasteiger partial charge in [-0.1, -0.05) is 50.2 Å². The number of nitrogens with one attached hydrogen (secondary N) is 1. The van der Waals surface area contributed by atoms with Crippen LogP contribution < -0.4 is 5.32 Å². The van der Waals surface area contributed by atoms with Crippen molar-refractivity contribution in [3.63, 3.8) is 0 Å². The average molecular weight is 287 g/mol. The largest absolute Gasteiger partial charge is 0.313 e. The molecule has 1 heterocycles. The van der Waals surface area contributed by atoms with Gasteiger partial charge in [0.25, 0.3) is 0 Å². The van der Waals surface area contributed by atoms with E-state index in [1.165, 1.54) is 16.9 Å². The summed E-state index contributed by atoms with van der Waals surface area (Å²) in [6, 6.07) is 15.7. The molecule has 0 saturated carbocycles. The minimum atomic E-state index is 0.217. The van der Waals surface area contributed by atoms with Crippen molar-refractivity contribution < 1.29 is 0 Å². The van der Waals surface area contributed by atoms with Gasteiger partial charge in [0.05, 0.1) is 0 Å². The van der Waals surface area contributed by atoms with Gasteiger partial charge in [-0.3, -0.25) is 0 Å². The molecular weight excluding hydrogens is 262 g/mol. The molecule has 2 aromatic rings. The summed E-state index contributed by atoms with van der Waals surface area (Å²) in [5.41, 5.74) is 1.65. The van der Waals surface area contributed by atoms with Crippen molar-refractivity contribution >= 4 is 11.3 Å². The SMILES string of the molecule is CC(CCc1ccccc1)NCC(C)(C)c1cccs1. The van der Waals surface area contributed by atoms with Gasteiger partial charge in [0.2, 0.25) is 0 Å². The van der Waals surface area contributed by atoms with Crippen LogP contribution >= 0.6 is 11.3 Å². The molecule has 1 atom stereocenters. The first-order valence-electron chi connectivity index (χ1n) is 7.39. The van der Waals surface area contributed by atoms with E-state index in [2.05, 4.69) is 73.9 Å². The molecule has 2 rings (SSSR count). The monoisotopic (exact) mass is 287 g/mol. The standard InChI is InChI=1S/C18H25NS/c1-15(11-12-16-8-5-4-6-9-16)19-14-18(2,3)17-10-7-13-20-17/h4-10,13,15,19H,11-12,14H2,1-3H3. The van der Waals surface area contributed by atoms with E-state index < -0.39 is 0 Å². The fourth-order valence-electron chi connectivity index (χ4n) is 2.31. The lowest BCUT2D eigenvalue weighted by Crippen LogP contribution is -2.37. The zero-order valence-electron chi connectivity index (χ0n) is 12.7. The van der Waals surface area contributed by atoms with Crippen LogP contribution in [-0.4, -0.2) is 12.6 Å². The van der Waals surface area contributed by atoms with E-state index in [1.54, 1.807) is 0 Å². The summed E-state index contributed by atoms with van der Waals surface area (Å²) in [6.45, 7) is 7.95. The lowest BCUT2D eigenvalue weighted by atomic mass is 9.91. The molecule has 20 heavy (non-hydrogen) atoms. The van der Waals surface area contributed by atoms with Crippen molar-refractivity contribution in [3.8, 4) is 0 Å². The van der Waals surface area contributed by atoms with Gasteiger partial charge in [0, 0.05) is 22.9 Å². The maximum absolute atomic E-state index is 3.69. The zero-order valence-corrected chi connectivity index (χ0v) is 13.5. The fourth-order valence-corrected chi connectivity index (χ4v) is 3.16. The van der Waals surface area contributed by atoms with E-state index in [4.69, 9.17) is 0 Å². The number of hydrogen-bond acceptors (Lipinski definition) is 2. The topological polar surface area (TPSA) is 12.0 Å². The molecule has 1 aromatic carbocycles. The minimum absolute atomic E-state index is 0.217. The first kappa shape index (κ1) is 15.3. The molecule has 2 heteroatoms. The van der Waals surface area contributed by atoms with Crippen molar-refractivity contribution in [1.82, 2.24) is 5.32 Å². The van der Waals surface area contributed by atoms with E-state index in [-0.39, 0.29) is 5.41 Å². The molecule has 0 aliphatic carbocycles. The molecule has 0 aliphatic heterocycles. The highest BCUT2D eigenvalue weighted by molar-refractivity contribution is 7.10. The second kappa shape index (κ2) is 7.05. The van der Waals surface area contributed by atoms with Crippen LogP contribution in [0.1, 0.15) is 37.6 Å². The van der Waals surface area contributed by atoms with Gasteiger partial charge in [-0.05, 0) is 36.8 Å². The Kier molecular flexibility index (Phi) is 5.38. The van der Waals surface area contributed by atoms with E-state index in [9.17, 15) is 0 Å². The van der Waals surface area contributed by atoms with Crippen LogP contribution in [0.2, 0.25) is 0 Å². The third-order valence-corrected chi connectivity index (χ3v) is 5.03. The van der Waals surface area contributed by atoms with Crippen molar-refractivity contribution in [2.45, 2.75) is 45.1 Å². The molecule has 108 valence electrons. The Bertz CT molecular complexity index is 487. The lowest BCUT2D eigenvalue weighted by molar-refractivity contribution is 0.422. The van der Waals surface area contributed by atoms with Crippen LogP contribution in [0.25, 0.3) is 0 Å². The molecule has 0 radical (unpaired) electrons. The third kappa shape index (κ3) is 4.46. The Hall–Kier alpha value is -1.12. The number of rotatable bonds is 7. The summed E-state index contributed by atoms with van der Waals surface area (Å²) in [4.78, 5) is 1.46. The maximum atomic E-state index is 3.69. The Labute approximate surface area is 127 Å². The van der Waals surface area contributed by atoms with Crippen molar-refractivity contribution in [3.05, 3.63) is 58.3 Å². The Balaban J connectivity index is 1.76. The molecule has 0 aliphatic rings. The lowest BCUT2D eigenvalue weighted by Gasteiger charge is -2.26. The van der Waals surface area contributed by atoms with Gasteiger partial charge in [-0.15, -0.1) is 11.3 Å². The zero-order chi connectivity index (χ0) is 14.4. The van der Waals surface area contributed by atoms with E-state index in [0.717, 1.165) is 13.0 Å². The summed E-state index contributed by atoms with van der Waals surface area (Å²) in [6.07, 6.45) is 2.33. The summed E-state index contributed by atoms with van der Waals surface area (Å²) in [5.74, 6) is 0. The highest BCUT2D eigenvalue weighted by Crippen LogP contribution is 2.26.